The van der Waals surface area contributed by atoms with Crippen molar-refractivity contribution in [3.63, 3.8) is 0 Å². The van der Waals surface area contributed by atoms with Gasteiger partial charge in [0.15, 0.2) is 0 Å². The molecule has 2 aliphatic rings. The molecular weight excluding hydrogens is 210 g/mol. The molecule has 0 aromatic carbocycles. The Bertz CT molecular complexity index is 443. The summed E-state index contributed by atoms with van der Waals surface area (Å²) in [7, 11) is 0. The number of aromatic nitrogens is 2. The van der Waals surface area contributed by atoms with Crippen LogP contribution in [0.2, 0.25) is 0 Å². The second-order valence-corrected chi connectivity index (χ2v) is 5.04. The molecule has 0 saturated carbocycles. The number of anilines is 1. The number of aryl methyl sites for hydroxylation is 2. The number of hydrogen-bond acceptors (Lipinski definition) is 3. The van der Waals surface area contributed by atoms with Gasteiger partial charge >= 0.3 is 0 Å². The number of nitrogens with zero attached hydrogens (tertiary/aromatic N) is 2. The molecule has 17 heavy (non-hydrogen) atoms. The number of rotatable bonds is 2. The second kappa shape index (κ2) is 4.47. The van der Waals surface area contributed by atoms with Crippen molar-refractivity contribution < 1.29 is 0 Å². The lowest BCUT2D eigenvalue weighted by atomic mass is 9.96. The quantitative estimate of drug-likeness (QED) is 0.792. The van der Waals surface area contributed by atoms with Crippen molar-refractivity contribution in [3.8, 4) is 0 Å². The molecule has 0 saturated heterocycles. The molecule has 0 radical (unpaired) electrons. The van der Waals surface area contributed by atoms with E-state index in [1.54, 1.807) is 0 Å². The van der Waals surface area contributed by atoms with Gasteiger partial charge in [-0.05, 0) is 45.4 Å². The summed E-state index contributed by atoms with van der Waals surface area (Å²) in [6, 6.07) is 0.537. The van der Waals surface area contributed by atoms with Crippen molar-refractivity contribution in [2.45, 2.75) is 51.5 Å². The summed E-state index contributed by atoms with van der Waals surface area (Å²) in [5.41, 5.74) is 2.64. The van der Waals surface area contributed by atoms with E-state index in [-0.39, 0.29) is 0 Å². The third-order valence-electron chi connectivity index (χ3n) is 3.64. The average molecular weight is 229 g/mol. The predicted molar refractivity (Wildman–Crippen MR) is 69.2 cm³/mol. The van der Waals surface area contributed by atoms with E-state index >= 15 is 0 Å². The first-order valence-electron chi connectivity index (χ1n) is 6.61. The van der Waals surface area contributed by atoms with Gasteiger partial charge in [-0.1, -0.05) is 12.2 Å². The van der Waals surface area contributed by atoms with Crippen molar-refractivity contribution in [2.24, 2.45) is 0 Å². The van der Waals surface area contributed by atoms with Crippen LogP contribution in [0.15, 0.2) is 12.2 Å². The fourth-order valence-corrected chi connectivity index (χ4v) is 2.77. The molecule has 0 amide bonds. The van der Waals surface area contributed by atoms with Gasteiger partial charge in [-0.15, -0.1) is 0 Å². The highest BCUT2D eigenvalue weighted by Crippen LogP contribution is 2.27. The highest BCUT2D eigenvalue weighted by atomic mass is 15.1. The maximum atomic E-state index is 4.60. The molecule has 0 spiro atoms. The summed E-state index contributed by atoms with van der Waals surface area (Å²) < 4.78 is 0. The normalized spacial score (nSPS) is 19.4. The molecular formula is C14H19N3. The lowest BCUT2D eigenvalue weighted by molar-refractivity contribution is 0.655. The molecule has 3 heteroatoms. The largest absolute Gasteiger partial charge is 0.366 e. The van der Waals surface area contributed by atoms with Gasteiger partial charge in [0.2, 0.25) is 0 Å². The maximum Gasteiger partial charge on any atom is 0.133 e. The van der Waals surface area contributed by atoms with Crippen LogP contribution in [0.4, 0.5) is 5.82 Å². The summed E-state index contributed by atoms with van der Waals surface area (Å²) in [5, 5.41) is 3.60. The first-order valence-corrected chi connectivity index (χ1v) is 6.61. The highest BCUT2D eigenvalue weighted by Gasteiger charge is 2.19. The van der Waals surface area contributed by atoms with Gasteiger partial charge in [0.25, 0.3) is 0 Å². The lowest BCUT2D eigenvalue weighted by Crippen LogP contribution is -2.20. The molecule has 0 atom stereocenters. The van der Waals surface area contributed by atoms with Crippen molar-refractivity contribution in [2.75, 3.05) is 5.32 Å². The van der Waals surface area contributed by atoms with Crippen LogP contribution in [0.3, 0.4) is 0 Å². The molecule has 1 aromatic rings. The Hall–Kier alpha value is -1.38. The fraction of sp³-hybridized carbons (Fsp3) is 0.571. The SMILES string of the molecule is Cc1nc2c(c(NC3CC=CC3)n1)CCCC2. The van der Waals surface area contributed by atoms with Crippen LogP contribution in [0.5, 0.6) is 0 Å². The first kappa shape index (κ1) is 10.8. The van der Waals surface area contributed by atoms with Crippen molar-refractivity contribution in [1.29, 1.82) is 0 Å². The first-order chi connectivity index (χ1) is 8.33. The third kappa shape index (κ3) is 2.19. The Morgan fingerprint density at radius 1 is 1.12 bits per heavy atom. The monoisotopic (exact) mass is 229 g/mol. The van der Waals surface area contributed by atoms with E-state index in [9.17, 15) is 0 Å². The summed E-state index contributed by atoms with van der Waals surface area (Å²) in [6.07, 6.45) is 11.5. The summed E-state index contributed by atoms with van der Waals surface area (Å²) in [6.45, 7) is 1.99. The predicted octanol–water partition coefficient (Wildman–Crippen LogP) is 2.79. The Morgan fingerprint density at radius 2 is 1.88 bits per heavy atom. The number of hydrogen-bond donors (Lipinski definition) is 1. The second-order valence-electron chi connectivity index (χ2n) is 5.04. The molecule has 3 nitrogen and oxygen atoms in total. The van der Waals surface area contributed by atoms with Crippen LogP contribution < -0.4 is 5.32 Å². The Kier molecular flexibility index (Phi) is 2.83. The molecule has 90 valence electrons. The lowest BCUT2D eigenvalue weighted by Gasteiger charge is -2.21. The zero-order chi connectivity index (χ0) is 11.7. The van der Waals surface area contributed by atoms with E-state index in [0.29, 0.717) is 6.04 Å². The summed E-state index contributed by atoms with van der Waals surface area (Å²) in [5.74, 6) is 2.00. The van der Waals surface area contributed by atoms with Crippen LogP contribution in [0.25, 0.3) is 0 Å². The van der Waals surface area contributed by atoms with Crippen molar-refractivity contribution in [3.05, 3.63) is 29.2 Å². The number of fused-ring (bicyclic) bond motifs is 1. The van der Waals surface area contributed by atoms with Crippen LogP contribution in [-0.2, 0) is 12.8 Å². The van der Waals surface area contributed by atoms with Gasteiger partial charge in [0.1, 0.15) is 11.6 Å². The van der Waals surface area contributed by atoms with E-state index in [1.807, 2.05) is 6.92 Å². The van der Waals surface area contributed by atoms with Gasteiger partial charge in [-0.2, -0.15) is 0 Å². The van der Waals surface area contributed by atoms with Gasteiger partial charge in [0.05, 0.1) is 0 Å². The number of nitrogens with one attached hydrogen (secondary N) is 1. The standard InChI is InChI=1S/C14H19N3/c1-10-15-13-9-5-4-8-12(13)14(16-10)17-11-6-2-3-7-11/h2-3,11H,4-9H2,1H3,(H,15,16,17). The molecule has 3 rings (SSSR count). The molecule has 1 N–H and O–H groups in total. The van der Waals surface area contributed by atoms with E-state index in [0.717, 1.165) is 37.3 Å². The van der Waals surface area contributed by atoms with Crippen LogP contribution in [0, 0.1) is 6.92 Å². The minimum atomic E-state index is 0.537. The molecule has 0 unspecified atom stereocenters. The fourth-order valence-electron chi connectivity index (χ4n) is 2.77. The van der Waals surface area contributed by atoms with Crippen LogP contribution >= 0.6 is 0 Å². The van der Waals surface area contributed by atoms with Crippen molar-refractivity contribution >= 4 is 5.82 Å². The van der Waals surface area contributed by atoms with Gasteiger partial charge < -0.3 is 5.32 Å². The zero-order valence-corrected chi connectivity index (χ0v) is 10.4. The smallest absolute Gasteiger partial charge is 0.133 e. The highest BCUT2D eigenvalue weighted by molar-refractivity contribution is 5.49. The van der Waals surface area contributed by atoms with Gasteiger partial charge in [0, 0.05) is 17.3 Å². The molecule has 1 heterocycles. The van der Waals surface area contributed by atoms with E-state index in [1.165, 1.54) is 24.1 Å². The minimum absolute atomic E-state index is 0.537. The van der Waals surface area contributed by atoms with Crippen LogP contribution in [0.1, 0.15) is 42.8 Å². The van der Waals surface area contributed by atoms with E-state index in [4.69, 9.17) is 0 Å². The zero-order valence-electron chi connectivity index (χ0n) is 10.4. The topological polar surface area (TPSA) is 37.8 Å². The summed E-state index contributed by atoms with van der Waals surface area (Å²) >= 11 is 0. The minimum Gasteiger partial charge on any atom is -0.366 e. The van der Waals surface area contributed by atoms with E-state index < -0.39 is 0 Å². The van der Waals surface area contributed by atoms with Gasteiger partial charge in [-0.3, -0.25) is 0 Å². The Labute approximate surface area is 102 Å². The van der Waals surface area contributed by atoms with Crippen molar-refractivity contribution in [1.82, 2.24) is 9.97 Å². The molecule has 0 aliphatic heterocycles. The average Bonchev–Trinajstić information content (AvgIpc) is 2.81. The Morgan fingerprint density at radius 3 is 2.71 bits per heavy atom. The summed E-state index contributed by atoms with van der Waals surface area (Å²) in [4.78, 5) is 9.18. The van der Waals surface area contributed by atoms with E-state index in [2.05, 4.69) is 27.4 Å². The molecule has 1 aromatic heterocycles. The van der Waals surface area contributed by atoms with Gasteiger partial charge in [-0.25, -0.2) is 9.97 Å². The third-order valence-corrected chi connectivity index (χ3v) is 3.64. The Balaban J connectivity index is 1.88. The molecule has 2 aliphatic carbocycles. The van der Waals surface area contributed by atoms with Crippen LogP contribution in [-0.4, -0.2) is 16.0 Å². The maximum absolute atomic E-state index is 4.60. The molecule has 0 fully saturated rings. The molecule has 0 bridgehead atoms.